The van der Waals surface area contributed by atoms with Gasteiger partial charge in [0.05, 0.1) is 5.92 Å². The molecule has 8 nitrogen and oxygen atoms in total. The van der Waals surface area contributed by atoms with Crippen LogP contribution in [0.1, 0.15) is 49.1 Å². The van der Waals surface area contributed by atoms with Crippen molar-refractivity contribution in [3.05, 3.63) is 59.7 Å². The molecular formula is C27H32N2O6. The summed E-state index contributed by atoms with van der Waals surface area (Å²) in [5.74, 6) is -1.95. The summed E-state index contributed by atoms with van der Waals surface area (Å²) in [5, 5.41) is 14.9. The maximum atomic E-state index is 12.8. The first-order valence-electron chi connectivity index (χ1n) is 12.1. The molecule has 2 aliphatic rings. The molecule has 35 heavy (non-hydrogen) atoms. The Labute approximate surface area is 205 Å². The van der Waals surface area contributed by atoms with Crippen LogP contribution in [0.15, 0.2) is 48.5 Å². The number of carboxylic acid groups (broad SMARTS) is 1. The number of carboxylic acids is 1. The Bertz CT molecular complexity index is 1030. The van der Waals surface area contributed by atoms with Gasteiger partial charge in [0.25, 0.3) is 0 Å². The number of aliphatic carboxylic acids is 1. The molecule has 8 heteroatoms. The monoisotopic (exact) mass is 480 g/mol. The van der Waals surface area contributed by atoms with Crippen molar-refractivity contribution < 1.29 is 29.0 Å². The van der Waals surface area contributed by atoms with Gasteiger partial charge < -0.3 is 25.2 Å². The highest BCUT2D eigenvalue weighted by molar-refractivity contribution is 5.86. The number of alkyl carbamates (subject to hydrolysis) is 1. The summed E-state index contributed by atoms with van der Waals surface area (Å²) < 4.78 is 10.6. The molecule has 0 aliphatic heterocycles. The van der Waals surface area contributed by atoms with E-state index in [4.69, 9.17) is 9.47 Å². The largest absolute Gasteiger partial charge is 0.480 e. The van der Waals surface area contributed by atoms with Gasteiger partial charge >= 0.3 is 12.1 Å². The number of nitrogens with one attached hydrogen (secondary N) is 2. The van der Waals surface area contributed by atoms with Crippen LogP contribution in [0.4, 0.5) is 4.79 Å². The van der Waals surface area contributed by atoms with E-state index >= 15 is 0 Å². The van der Waals surface area contributed by atoms with Gasteiger partial charge in [-0.1, -0.05) is 55.0 Å². The van der Waals surface area contributed by atoms with Gasteiger partial charge in [-0.2, -0.15) is 0 Å². The van der Waals surface area contributed by atoms with Crippen LogP contribution in [0, 0.1) is 5.92 Å². The fourth-order valence-electron chi connectivity index (χ4n) is 5.21. The first kappa shape index (κ1) is 24.7. The molecule has 0 radical (unpaired) electrons. The smallest absolute Gasteiger partial charge is 0.407 e. The van der Waals surface area contributed by atoms with E-state index in [2.05, 4.69) is 34.9 Å². The molecule has 1 fully saturated rings. The third kappa shape index (κ3) is 5.65. The van der Waals surface area contributed by atoms with Crippen molar-refractivity contribution in [3.8, 4) is 11.1 Å². The van der Waals surface area contributed by atoms with Crippen LogP contribution in [0.3, 0.4) is 0 Å². The Balaban J connectivity index is 1.33. The first-order valence-corrected chi connectivity index (χ1v) is 12.1. The molecule has 186 valence electrons. The summed E-state index contributed by atoms with van der Waals surface area (Å²) in [4.78, 5) is 37.1. The predicted molar refractivity (Wildman–Crippen MR) is 130 cm³/mol. The van der Waals surface area contributed by atoms with Gasteiger partial charge in [-0.25, -0.2) is 9.59 Å². The number of ether oxygens (including phenoxy) is 2. The zero-order valence-corrected chi connectivity index (χ0v) is 19.9. The minimum absolute atomic E-state index is 0.0424. The Morgan fingerprint density at radius 1 is 1.03 bits per heavy atom. The summed E-state index contributed by atoms with van der Waals surface area (Å²) in [6, 6.07) is 14.9. The molecule has 0 bridgehead atoms. The Morgan fingerprint density at radius 2 is 1.69 bits per heavy atom. The van der Waals surface area contributed by atoms with Crippen molar-refractivity contribution in [3.63, 3.8) is 0 Å². The lowest BCUT2D eigenvalue weighted by Gasteiger charge is -2.23. The van der Waals surface area contributed by atoms with Crippen molar-refractivity contribution in [2.24, 2.45) is 5.92 Å². The lowest BCUT2D eigenvalue weighted by molar-refractivity contribution is -0.142. The zero-order chi connectivity index (χ0) is 24.8. The molecule has 3 atom stereocenters. The van der Waals surface area contributed by atoms with Crippen LogP contribution in [0.25, 0.3) is 11.1 Å². The fourth-order valence-corrected chi connectivity index (χ4v) is 5.21. The normalized spacial score (nSPS) is 19.5. The number of hydrogen-bond donors (Lipinski definition) is 3. The van der Waals surface area contributed by atoms with E-state index < -0.39 is 24.0 Å². The van der Waals surface area contributed by atoms with E-state index in [0.29, 0.717) is 25.9 Å². The number of amides is 2. The van der Waals surface area contributed by atoms with Gasteiger partial charge in [0.1, 0.15) is 12.6 Å². The number of carbonyl (C=O) groups excluding carboxylic acids is 2. The number of benzene rings is 2. The average Bonchev–Trinajstić information content (AvgIpc) is 3.44. The number of fused-ring (bicyclic) bond motifs is 3. The fraction of sp³-hybridized carbons (Fsp3) is 0.444. The quantitative estimate of drug-likeness (QED) is 0.447. The van der Waals surface area contributed by atoms with Crippen molar-refractivity contribution in [1.29, 1.82) is 0 Å². The van der Waals surface area contributed by atoms with Gasteiger partial charge in [-0.05, 0) is 47.9 Å². The zero-order valence-electron chi connectivity index (χ0n) is 19.9. The van der Waals surface area contributed by atoms with Gasteiger partial charge in [-0.15, -0.1) is 0 Å². The van der Waals surface area contributed by atoms with Crippen LogP contribution in [-0.2, 0) is 19.1 Å². The number of hydrogen-bond acceptors (Lipinski definition) is 5. The summed E-state index contributed by atoms with van der Waals surface area (Å²) in [5.41, 5.74) is 4.58. The Kier molecular flexibility index (Phi) is 8.02. The van der Waals surface area contributed by atoms with E-state index in [1.165, 1.54) is 0 Å². The second kappa shape index (κ2) is 11.4. The maximum absolute atomic E-state index is 12.8. The third-order valence-corrected chi connectivity index (χ3v) is 6.96. The maximum Gasteiger partial charge on any atom is 0.407 e. The van der Waals surface area contributed by atoms with Gasteiger partial charge in [0.2, 0.25) is 5.91 Å². The average molecular weight is 481 g/mol. The topological polar surface area (TPSA) is 114 Å². The second-order valence-electron chi connectivity index (χ2n) is 9.15. The van der Waals surface area contributed by atoms with Crippen LogP contribution in [-0.4, -0.2) is 55.5 Å². The molecule has 2 aromatic rings. The van der Waals surface area contributed by atoms with Crippen molar-refractivity contribution >= 4 is 18.0 Å². The van der Waals surface area contributed by atoms with Gasteiger partial charge in [0.15, 0.2) is 0 Å². The van der Waals surface area contributed by atoms with E-state index in [1.807, 2.05) is 24.3 Å². The summed E-state index contributed by atoms with van der Waals surface area (Å²) in [7, 11) is 1.55. The highest BCUT2D eigenvalue weighted by Crippen LogP contribution is 2.44. The molecule has 3 N–H and O–H groups in total. The summed E-state index contributed by atoms with van der Waals surface area (Å²) >= 11 is 0. The SMILES string of the molecule is COCCCC(NC(=O)[C@@H]1CCC[C@@H]1NC(=O)OCC1c2ccccc2-c2ccccc21)C(=O)O. The molecule has 2 aromatic carbocycles. The molecule has 1 unspecified atom stereocenters. The van der Waals surface area contributed by atoms with E-state index in [9.17, 15) is 19.5 Å². The van der Waals surface area contributed by atoms with Crippen molar-refractivity contribution in [2.75, 3.05) is 20.3 Å². The van der Waals surface area contributed by atoms with E-state index in [0.717, 1.165) is 28.7 Å². The van der Waals surface area contributed by atoms with E-state index in [1.54, 1.807) is 7.11 Å². The van der Waals surface area contributed by atoms with Gasteiger partial charge in [0, 0.05) is 25.7 Å². The van der Waals surface area contributed by atoms with Crippen LogP contribution in [0.5, 0.6) is 0 Å². The molecule has 0 spiro atoms. The molecular weight excluding hydrogens is 448 g/mol. The summed E-state index contributed by atoms with van der Waals surface area (Å²) in [6.07, 6.45) is 2.25. The molecule has 4 rings (SSSR count). The number of carbonyl (C=O) groups is 3. The minimum Gasteiger partial charge on any atom is -0.480 e. The van der Waals surface area contributed by atoms with Crippen LogP contribution < -0.4 is 10.6 Å². The van der Waals surface area contributed by atoms with E-state index in [-0.39, 0.29) is 30.9 Å². The molecule has 0 heterocycles. The predicted octanol–water partition coefficient (Wildman–Crippen LogP) is 3.69. The molecule has 1 saturated carbocycles. The highest BCUT2D eigenvalue weighted by atomic mass is 16.5. The second-order valence-corrected chi connectivity index (χ2v) is 9.15. The van der Waals surface area contributed by atoms with Crippen LogP contribution in [0.2, 0.25) is 0 Å². The van der Waals surface area contributed by atoms with Crippen molar-refractivity contribution in [2.45, 2.75) is 50.1 Å². The molecule has 0 aromatic heterocycles. The highest BCUT2D eigenvalue weighted by Gasteiger charge is 2.36. The number of rotatable bonds is 10. The Morgan fingerprint density at radius 3 is 2.31 bits per heavy atom. The van der Waals surface area contributed by atoms with Crippen LogP contribution >= 0.6 is 0 Å². The minimum atomic E-state index is -1.08. The van der Waals surface area contributed by atoms with Gasteiger partial charge in [-0.3, -0.25) is 4.79 Å². The molecule has 0 saturated heterocycles. The molecule has 2 aliphatic carbocycles. The van der Waals surface area contributed by atoms with Crippen molar-refractivity contribution in [1.82, 2.24) is 10.6 Å². The number of methoxy groups -OCH3 is 1. The lowest BCUT2D eigenvalue weighted by atomic mass is 9.98. The Hall–Kier alpha value is -3.39. The molecule has 2 amide bonds. The summed E-state index contributed by atoms with van der Waals surface area (Å²) in [6.45, 7) is 0.624. The standard InChI is InChI=1S/C27H32N2O6/c1-34-15-7-14-24(26(31)32)28-25(30)21-12-6-13-23(21)29-27(33)35-16-22-19-10-4-2-8-17(19)18-9-3-5-11-20(18)22/h2-5,8-11,21-24H,6-7,12-16H2,1H3,(H,28,30)(H,29,33)(H,31,32)/t21-,23+,24?/m1/s1. The first-order chi connectivity index (χ1) is 17.0. The third-order valence-electron chi connectivity index (χ3n) is 6.96. The lowest BCUT2D eigenvalue weighted by Crippen LogP contribution is -2.49.